The van der Waals surface area contributed by atoms with Crippen molar-refractivity contribution in [2.45, 2.75) is 24.8 Å². The zero-order chi connectivity index (χ0) is 13.9. The second kappa shape index (κ2) is 5.85. The molecule has 0 aliphatic heterocycles. The van der Waals surface area contributed by atoms with Gasteiger partial charge in [-0.2, -0.15) is 0 Å². The standard InChI is InChI=1S/C14H16N4S2/c1-3-15-13-16-7-10(20-13)8-19-14-17-11-5-4-9(2)6-12(11)18-14/h4-7H,3,8H2,1-2H3,(H,15,16)(H,17,18). The lowest BCUT2D eigenvalue weighted by Crippen LogP contribution is -1.94. The van der Waals surface area contributed by atoms with Gasteiger partial charge < -0.3 is 10.3 Å². The lowest BCUT2D eigenvalue weighted by Gasteiger charge is -1.94. The number of hydrogen-bond acceptors (Lipinski definition) is 5. The van der Waals surface area contributed by atoms with E-state index in [-0.39, 0.29) is 0 Å². The SMILES string of the molecule is CCNc1ncc(CSc2nc3ccc(C)cc3[nH]2)s1. The second-order valence-electron chi connectivity index (χ2n) is 4.51. The highest BCUT2D eigenvalue weighted by Crippen LogP contribution is 2.27. The Morgan fingerprint density at radius 1 is 1.40 bits per heavy atom. The average molecular weight is 304 g/mol. The number of rotatable bonds is 5. The molecule has 0 bridgehead atoms. The molecule has 2 heterocycles. The van der Waals surface area contributed by atoms with Gasteiger partial charge in [-0.3, -0.25) is 0 Å². The summed E-state index contributed by atoms with van der Waals surface area (Å²) in [6.45, 7) is 5.07. The molecular weight excluding hydrogens is 288 g/mol. The Hall–Kier alpha value is -1.53. The molecule has 4 nitrogen and oxygen atoms in total. The van der Waals surface area contributed by atoms with E-state index < -0.39 is 0 Å². The highest BCUT2D eigenvalue weighted by molar-refractivity contribution is 7.98. The van der Waals surface area contributed by atoms with Crippen LogP contribution in [0.3, 0.4) is 0 Å². The van der Waals surface area contributed by atoms with Crippen molar-refractivity contribution in [2.75, 3.05) is 11.9 Å². The quantitative estimate of drug-likeness (QED) is 0.698. The van der Waals surface area contributed by atoms with Gasteiger partial charge in [0.1, 0.15) is 0 Å². The zero-order valence-corrected chi connectivity index (χ0v) is 13.1. The van der Waals surface area contributed by atoms with Gasteiger partial charge >= 0.3 is 0 Å². The number of thiazole rings is 1. The molecule has 0 aliphatic carbocycles. The first-order valence-electron chi connectivity index (χ1n) is 6.52. The Balaban J connectivity index is 1.69. The van der Waals surface area contributed by atoms with Crippen molar-refractivity contribution in [1.82, 2.24) is 15.0 Å². The molecule has 0 atom stereocenters. The number of aromatic nitrogens is 3. The van der Waals surface area contributed by atoms with Crippen LogP contribution in [0.5, 0.6) is 0 Å². The van der Waals surface area contributed by atoms with Gasteiger partial charge in [-0.15, -0.1) is 11.3 Å². The molecule has 0 amide bonds. The maximum Gasteiger partial charge on any atom is 0.182 e. The summed E-state index contributed by atoms with van der Waals surface area (Å²) in [6, 6.07) is 6.27. The highest BCUT2D eigenvalue weighted by Gasteiger charge is 2.06. The second-order valence-corrected chi connectivity index (χ2v) is 6.59. The minimum absolute atomic E-state index is 0.891. The van der Waals surface area contributed by atoms with Crippen LogP contribution in [0.2, 0.25) is 0 Å². The van der Waals surface area contributed by atoms with E-state index in [0.717, 1.165) is 33.6 Å². The number of fused-ring (bicyclic) bond motifs is 1. The molecule has 3 rings (SSSR count). The molecule has 0 unspecified atom stereocenters. The third-order valence-electron chi connectivity index (χ3n) is 2.85. The largest absolute Gasteiger partial charge is 0.362 e. The first kappa shape index (κ1) is 13.5. The van der Waals surface area contributed by atoms with E-state index in [9.17, 15) is 0 Å². The Morgan fingerprint density at radius 3 is 3.15 bits per heavy atom. The lowest BCUT2D eigenvalue weighted by atomic mass is 10.2. The maximum atomic E-state index is 4.59. The molecule has 20 heavy (non-hydrogen) atoms. The van der Waals surface area contributed by atoms with E-state index in [0.29, 0.717) is 0 Å². The number of thioether (sulfide) groups is 1. The fraction of sp³-hybridized carbons (Fsp3) is 0.286. The smallest absolute Gasteiger partial charge is 0.182 e. The van der Waals surface area contributed by atoms with Crippen LogP contribution in [0.4, 0.5) is 5.13 Å². The fourth-order valence-electron chi connectivity index (χ4n) is 1.92. The number of aromatic amines is 1. The van der Waals surface area contributed by atoms with E-state index in [2.05, 4.69) is 52.3 Å². The monoisotopic (exact) mass is 304 g/mol. The molecule has 0 radical (unpaired) electrons. The van der Waals surface area contributed by atoms with Crippen molar-refractivity contribution >= 4 is 39.3 Å². The molecule has 104 valence electrons. The summed E-state index contributed by atoms with van der Waals surface area (Å²) in [6.07, 6.45) is 1.93. The van der Waals surface area contributed by atoms with Crippen LogP contribution in [-0.2, 0) is 5.75 Å². The summed E-state index contributed by atoms with van der Waals surface area (Å²) in [7, 11) is 0. The first-order chi connectivity index (χ1) is 9.74. The molecule has 0 spiro atoms. The van der Waals surface area contributed by atoms with Gasteiger partial charge in [-0.1, -0.05) is 17.8 Å². The van der Waals surface area contributed by atoms with Gasteiger partial charge in [0.15, 0.2) is 10.3 Å². The Morgan fingerprint density at radius 2 is 2.30 bits per heavy atom. The van der Waals surface area contributed by atoms with E-state index >= 15 is 0 Å². The summed E-state index contributed by atoms with van der Waals surface area (Å²) in [4.78, 5) is 13.5. The van der Waals surface area contributed by atoms with Crippen LogP contribution in [0.25, 0.3) is 11.0 Å². The number of imidazole rings is 1. The summed E-state index contributed by atoms with van der Waals surface area (Å²) in [5.74, 6) is 0.891. The molecule has 6 heteroatoms. The van der Waals surface area contributed by atoms with Crippen LogP contribution in [0.1, 0.15) is 17.4 Å². The first-order valence-corrected chi connectivity index (χ1v) is 8.32. The fourth-order valence-corrected chi connectivity index (χ4v) is 3.70. The Bertz CT molecular complexity index is 717. The van der Waals surface area contributed by atoms with Gasteiger partial charge in [-0.25, -0.2) is 9.97 Å². The summed E-state index contributed by atoms with van der Waals surface area (Å²) in [5, 5.41) is 5.18. The number of hydrogen-bond donors (Lipinski definition) is 2. The van der Waals surface area contributed by atoms with Crippen LogP contribution in [-0.4, -0.2) is 21.5 Å². The molecule has 0 saturated heterocycles. The molecule has 1 aromatic carbocycles. The Kier molecular flexibility index (Phi) is 3.93. The zero-order valence-electron chi connectivity index (χ0n) is 11.4. The van der Waals surface area contributed by atoms with Crippen molar-refractivity contribution in [2.24, 2.45) is 0 Å². The van der Waals surface area contributed by atoms with Crippen LogP contribution in [0.15, 0.2) is 29.6 Å². The average Bonchev–Trinajstić information content (AvgIpc) is 3.02. The molecular formula is C14H16N4S2. The highest BCUT2D eigenvalue weighted by atomic mass is 32.2. The summed E-state index contributed by atoms with van der Waals surface area (Å²) < 4.78 is 0. The number of benzene rings is 1. The third-order valence-corrected chi connectivity index (χ3v) is 4.91. The topological polar surface area (TPSA) is 53.6 Å². The third kappa shape index (κ3) is 2.96. The molecule has 2 aromatic heterocycles. The van der Waals surface area contributed by atoms with Gasteiger partial charge in [-0.05, 0) is 31.5 Å². The van der Waals surface area contributed by atoms with Gasteiger partial charge in [0.25, 0.3) is 0 Å². The van der Waals surface area contributed by atoms with Crippen molar-refractivity contribution in [1.29, 1.82) is 0 Å². The van der Waals surface area contributed by atoms with Crippen LogP contribution >= 0.6 is 23.1 Å². The van der Waals surface area contributed by atoms with Gasteiger partial charge in [0, 0.05) is 23.4 Å². The number of nitrogens with one attached hydrogen (secondary N) is 2. The Labute approximate surface area is 126 Å². The molecule has 0 aliphatic rings. The van der Waals surface area contributed by atoms with E-state index in [1.54, 1.807) is 23.1 Å². The predicted octanol–water partition coefficient (Wildman–Crippen LogP) is 4.05. The molecule has 0 saturated carbocycles. The minimum Gasteiger partial charge on any atom is -0.362 e. The van der Waals surface area contributed by atoms with Crippen LogP contribution < -0.4 is 5.32 Å². The number of nitrogens with zero attached hydrogens (tertiary/aromatic N) is 2. The predicted molar refractivity (Wildman–Crippen MR) is 86.7 cm³/mol. The number of H-pyrrole nitrogens is 1. The maximum absolute atomic E-state index is 4.59. The minimum atomic E-state index is 0.891. The van der Waals surface area contributed by atoms with Crippen molar-refractivity contribution < 1.29 is 0 Å². The van der Waals surface area contributed by atoms with Crippen LogP contribution in [0, 0.1) is 6.92 Å². The molecule has 2 N–H and O–H groups in total. The normalized spacial score (nSPS) is 11.1. The van der Waals surface area contributed by atoms with Crippen molar-refractivity contribution in [3.05, 3.63) is 34.8 Å². The number of anilines is 1. The van der Waals surface area contributed by atoms with Crippen molar-refractivity contribution in [3.63, 3.8) is 0 Å². The summed E-state index contributed by atoms with van der Waals surface area (Å²) in [5.41, 5.74) is 3.37. The van der Waals surface area contributed by atoms with E-state index in [4.69, 9.17) is 0 Å². The molecule has 3 aromatic rings. The molecule has 0 fully saturated rings. The van der Waals surface area contributed by atoms with E-state index in [1.165, 1.54) is 10.4 Å². The number of aryl methyl sites for hydroxylation is 1. The lowest BCUT2D eigenvalue weighted by molar-refractivity contribution is 1.08. The van der Waals surface area contributed by atoms with E-state index in [1.807, 2.05) is 6.20 Å². The van der Waals surface area contributed by atoms with Crippen molar-refractivity contribution in [3.8, 4) is 0 Å². The van der Waals surface area contributed by atoms with Gasteiger partial charge in [0.05, 0.1) is 11.0 Å². The van der Waals surface area contributed by atoms with Gasteiger partial charge in [0.2, 0.25) is 0 Å². The summed E-state index contributed by atoms with van der Waals surface area (Å²) >= 11 is 3.41.